The van der Waals surface area contributed by atoms with Crippen LogP contribution in [0, 0.1) is 10.1 Å². The van der Waals surface area contributed by atoms with E-state index in [-0.39, 0.29) is 16.7 Å². The molecule has 0 unspecified atom stereocenters. The molecule has 25 heavy (non-hydrogen) atoms. The first kappa shape index (κ1) is 16.7. The third-order valence-corrected chi connectivity index (χ3v) is 4.33. The van der Waals surface area contributed by atoms with Gasteiger partial charge in [0.15, 0.2) is 5.84 Å². The molecule has 1 N–H and O–H groups in total. The molecule has 0 atom stereocenters. The van der Waals surface area contributed by atoms with Gasteiger partial charge in [-0.15, -0.1) is 0 Å². The van der Waals surface area contributed by atoms with Crippen molar-refractivity contribution in [1.29, 1.82) is 0 Å². The number of hydrogen-bond acceptors (Lipinski definition) is 6. The van der Waals surface area contributed by atoms with E-state index >= 15 is 0 Å². The molecule has 1 heterocycles. The third-order valence-electron chi connectivity index (χ3n) is 3.55. The fourth-order valence-electron chi connectivity index (χ4n) is 2.32. The van der Waals surface area contributed by atoms with Crippen LogP contribution in [-0.4, -0.2) is 28.2 Å². The molecule has 2 aromatic rings. The van der Waals surface area contributed by atoms with Crippen LogP contribution in [0.2, 0.25) is 0 Å². The summed E-state index contributed by atoms with van der Waals surface area (Å²) in [4.78, 5) is 28.6. The quantitative estimate of drug-likeness (QED) is 0.659. The number of likely N-dealkylation sites (N-methyl/N-ethyl adjacent to an activating group) is 1. The maximum absolute atomic E-state index is 11.8. The zero-order valence-corrected chi connectivity index (χ0v) is 13.9. The highest BCUT2D eigenvalue weighted by atomic mass is 32.2. The number of amides is 1. The van der Waals surface area contributed by atoms with E-state index in [1.807, 2.05) is 0 Å². The minimum atomic E-state index is -0.466. The zero-order chi connectivity index (χ0) is 18.0. The highest BCUT2D eigenvalue weighted by Gasteiger charge is 2.25. The van der Waals surface area contributed by atoms with Crippen LogP contribution in [-0.2, 0) is 0 Å². The monoisotopic (exact) mass is 355 g/mol. The summed E-state index contributed by atoms with van der Waals surface area (Å²) in [5.41, 5.74) is 1.34. The van der Waals surface area contributed by atoms with Gasteiger partial charge in [-0.1, -0.05) is 12.1 Å². The molecule has 0 radical (unpaired) electrons. The van der Waals surface area contributed by atoms with Crippen LogP contribution in [0.5, 0.6) is 5.75 Å². The number of phenolic OH excluding ortho intramolecular Hbond substituents is 1. The van der Waals surface area contributed by atoms with Crippen molar-refractivity contribution in [2.75, 3.05) is 11.9 Å². The second-order valence-electron chi connectivity index (χ2n) is 5.24. The Kier molecular flexibility index (Phi) is 4.53. The second kappa shape index (κ2) is 6.78. The van der Waals surface area contributed by atoms with Crippen LogP contribution >= 0.6 is 11.8 Å². The Labute approximate surface area is 147 Å². The molecule has 0 aliphatic carbocycles. The Balaban J connectivity index is 1.94. The topological polar surface area (TPSA) is 96.0 Å². The number of nitro groups is 1. The lowest BCUT2D eigenvalue weighted by molar-refractivity contribution is -0.384. The summed E-state index contributed by atoms with van der Waals surface area (Å²) in [5, 5.41) is 19.9. The van der Waals surface area contributed by atoms with Gasteiger partial charge >= 0.3 is 5.24 Å². The van der Waals surface area contributed by atoms with Gasteiger partial charge in [0.2, 0.25) is 0 Å². The molecule has 8 heteroatoms. The highest BCUT2D eigenvalue weighted by Crippen LogP contribution is 2.33. The number of aromatic hydroxyl groups is 1. The lowest BCUT2D eigenvalue weighted by Gasteiger charge is -2.19. The molecule has 1 amide bonds. The van der Waals surface area contributed by atoms with Crippen molar-refractivity contribution in [3.8, 4) is 5.75 Å². The first-order valence-electron chi connectivity index (χ1n) is 7.24. The van der Waals surface area contributed by atoms with Crippen molar-refractivity contribution >= 4 is 40.3 Å². The Bertz CT molecular complexity index is 906. The van der Waals surface area contributed by atoms with Crippen molar-refractivity contribution in [3.05, 3.63) is 69.1 Å². The van der Waals surface area contributed by atoms with Gasteiger partial charge in [0, 0.05) is 24.9 Å². The number of aliphatic imine (C=N–C) groups is 1. The van der Waals surface area contributed by atoms with Gasteiger partial charge < -0.3 is 10.0 Å². The van der Waals surface area contributed by atoms with Gasteiger partial charge in [-0.3, -0.25) is 14.9 Å². The maximum atomic E-state index is 11.8. The molecule has 0 saturated heterocycles. The molecular formula is C17H13N3O4S. The number of carbonyl (C=O) groups is 1. The standard InChI is InChI=1S/C17H13N3O4S/c1-19(12-5-7-14(21)8-6-12)16-15(25-17(22)18-16)10-11-3-2-4-13(9-11)20(23)24/h2-10,21H,1H3/b15-10-. The number of anilines is 1. The van der Waals surface area contributed by atoms with E-state index in [9.17, 15) is 20.0 Å². The minimum absolute atomic E-state index is 0.0194. The number of thioether (sulfide) groups is 1. The number of amidine groups is 1. The van der Waals surface area contributed by atoms with Crippen molar-refractivity contribution in [2.45, 2.75) is 0 Å². The Morgan fingerprint density at radius 3 is 2.64 bits per heavy atom. The largest absolute Gasteiger partial charge is 0.508 e. The van der Waals surface area contributed by atoms with Crippen LogP contribution < -0.4 is 4.90 Å². The fourth-order valence-corrected chi connectivity index (χ4v) is 3.11. The molecule has 126 valence electrons. The first-order valence-corrected chi connectivity index (χ1v) is 8.05. The number of benzene rings is 2. The average Bonchev–Trinajstić information content (AvgIpc) is 2.95. The van der Waals surface area contributed by atoms with Crippen LogP contribution in [0.25, 0.3) is 6.08 Å². The number of nitrogens with zero attached hydrogens (tertiary/aromatic N) is 3. The predicted octanol–water partition coefficient (Wildman–Crippen LogP) is 4.04. The second-order valence-corrected chi connectivity index (χ2v) is 6.23. The summed E-state index contributed by atoms with van der Waals surface area (Å²) in [7, 11) is 1.76. The first-order chi connectivity index (χ1) is 11.9. The SMILES string of the molecule is CN(C1=NC(=O)S/C1=C\c1cccc([N+](=O)[O-])c1)c1ccc(O)cc1. The van der Waals surface area contributed by atoms with Crippen LogP contribution in [0.1, 0.15) is 5.56 Å². The Hall–Kier alpha value is -3.13. The van der Waals surface area contributed by atoms with Crippen LogP contribution in [0.3, 0.4) is 0 Å². The van der Waals surface area contributed by atoms with Crippen molar-refractivity contribution in [1.82, 2.24) is 0 Å². The molecule has 1 aliphatic rings. The van der Waals surface area contributed by atoms with E-state index < -0.39 is 4.92 Å². The van der Waals surface area contributed by atoms with Crippen molar-refractivity contribution < 1.29 is 14.8 Å². The summed E-state index contributed by atoms with van der Waals surface area (Å²) in [6.45, 7) is 0. The van der Waals surface area contributed by atoms with E-state index in [4.69, 9.17) is 0 Å². The third kappa shape index (κ3) is 3.69. The maximum Gasteiger partial charge on any atom is 0.311 e. The van der Waals surface area contributed by atoms with Gasteiger partial charge in [-0.25, -0.2) is 0 Å². The van der Waals surface area contributed by atoms with Gasteiger partial charge in [0.1, 0.15) is 5.75 Å². The number of nitro benzene ring substituents is 1. The molecule has 0 saturated carbocycles. The zero-order valence-electron chi connectivity index (χ0n) is 13.1. The van der Waals surface area contributed by atoms with Crippen molar-refractivity contribution in [2.24, 2.45) is 4.99 Å². The predicted molar refractivity (Wildman–Crippen MR) is 98.0 cm³/mol. The number of hydrogen-bond donors (Lipinski definition) is 1. The summed E-state index contributed by atoms with van der Waals surface area (Å²) in [6, 6.07) is 12.7. The lowest BCUT2D eigenvalue weighted by Crippen LogP contribution is -2.25. The number of rotatable bonds is 3. The molecule has 1 aliphatic heterocycles. The summed E-state index contributed by atoms with van der Waals surface area (Å²) < 4.78 is 0. The van der Waals surface area contributed by atoms with E-state index in [1.165, 1.54) is 12.1 Å². The van der Waals surface area contributed by atoms with E-state index in [0.29, 0.717) is 16.3 Å². The van der Waals surface area contributed by atoms with Gasteiger partial charge in [0.05, 0.1) is 9.83 Å². The average molecular weight is 355 g/mol. The lowest BCUT2D eigenvalue weighted by atomic mass is 10.2. The minimum Gasteiger partial charge on any atom is -0.508 e. The Morgan fingerprint density at radius 1 is 1.24 bits per heavy atom. The molecule has 0 aromatic heterocycles. The smallest absolute Gasteiger partial charge is 0.311 e. The molecular weight excluding hydrogens is 342 g/mol. The Morgan fingerprint density at radius 2 is 1.96 bits per heavy atom. The summed E-state index contributed by atoms with van der Waals surface area (Å²) >= 11 is 0.966. The van der Waals surface area contributed by atoms with Crippen molar-refractivity contribution in [3.63, 3.8) is 0 Å². The number of phenols is 1. The summed E-state index contributed by atoms with van der Waals surface area (Å²) in [5.74, 6) is 0.593. The number of non-ortho nitro benzene ring substituents is 1. The van der Waals surface area contributed by atoms with Crippen LogP contribution in [0.4, 0.5) is 16.2 Å². The molecule has 0 fully saturated rings. The number of carbonyl (C=O) groups excluding carboxylic acids is 1. The molecule has 3 rings (SSSR count). The highest BCUT2D eigenvalue weighted by molar-refractivity contribution is 8.18. The van der Waals surface area contributed by atoms with E-state index in [1.54, 1.807) is 54.4 Å². The van der Waals surface area contributed by atoms with Gasteiger partial charge in [-0.2, -0.15) is 4.99 Å². The van der Waals surface area contributed by atoms with Gasteiger partial charge in [0.25, 0.3) is 5.69 Å². The molecule has 2 aromatic carbocycles. The molecule has 7 nitrogen and oxygen atoms in total. The van der Waals surface area contributed by atoms with Gasteiger partial charge in [-0.05, 0) is 47.7 Å². The van der Waals surface area contributed by atoms with E-state index in [2.05, 4.69) is 4.99 Å². The molecule has 0 spiro atoms. The summed E-state index contributed by atoms with van der Waals surface area (Å²) in [6.07, 6.45) is 1.69. The fraction of sp³-hybridized carbons (Fsp3) is 0.0588. The molecule has 0 bridgehead atoms. The normalized spacial score (nSPS) is 15.3. The van der Waals surface area contributed by atoms with E-state index in [0.717, 1.165) is 17.4 Å². The van der Waals surface area contributed by atoms with Crippen LogP contribution in [0.15, 0.2) is 58.4 Å².